The van der Waals surface area contributed by atoms with E-state index in [1.54, 1.807) is 12.5 Å². The molecule has 0 saturated carbocycles. The van der Waals surface area contributed by atoms with Crippen LogP contribution in [0.3, 0.4) is 0 Å². The molecule has 0 aliphatic carbocycles. The summed E-state index contributed by atoms with van der Waals surface area (Å²) in [6, 6.07) is 3.67. The van der Waals surface area contributed by atoms with Crippen molar-refractivity contribution in [2.24, 2.45) is 17.8 Å². The van der Waals surface area contributed by atoms with Gasteiger partial charge in [-0.2, -0.15) is 0 Å². The largest absolute Gasteiger partial charge is 0.478 e. The van der Waals surface area contributed by atoms with Crippen LogP contribution >= 0.6 is 0 Å². The molecule has 1 aromatic heterocycles. The highest BCUT2D eigenvalue weighted by Crippen LogP contribution is 2.21. The molecule has 0 spiro atoms. The number of aliphatic carboxylic acids is 1. The Hall–Kier alpha value is -1.51. The molecule has 27 heavy (non-hydrogen) atoms. The summed E-state index contributed by atoms with van der Waals surface area (Å²) in [4.78, 5) is 10.5. The number of allylic oxidation sites excluding steroid dienone is 1. The Morgan fingerprint density at radius 2 is 1.37 bits per heavy atom. The average molecular weight is 379 g/mol. The molecule has 2 atom stereocenters. The summed E-state index contributed by atoms with van der Waals surface area (Å²) in [6.45, 7) is 11.3. The van der Waals surface area contributed by atoms with Crippen molar-refractivity contribution in [1.82, 2.24) is 0 Å². The number of furan rings is 1. The Morgan fingerprint density at radius 3 is 1.78 bits per heavy atom. The summed E-state index contributed by atoms with van der Waals surface area (Å²) >= 11 is 0. The maximum Gasteiger partial charge on any atom is 0.328 e. The maximum absolute atomic E-state index is 10.5. The van der Waals surface area contributed by atoms with E-state index in [1.807, 2.05) is 19.1 Å². The molecule has 0 fully saturated rings. The monoisotopic (exact) mass is 378 g/mol. The van der Waals surface area contributed by atoms with Gasteiger partial charge in [0.2, 0.25) is 0 Å². The third kappa shape index (κ3) is 19.1. The van der Waals surface area contributed by atoms with Gasteiger partial charge >= 0.3 is 5.97 Å². The molecule has 0 unspecified atom stereocenters. The fourth-order valence-electron chi connectivity index (χ4n) is 3.22. The quantitative estimate of drug-likeness (QED) is 0.357. The van der Waals surface area contributed by atoms with Crippen molar-refractivity contribution in [1.29, 1.82) is 0 Å². The van der Waals surface area contributed by atoms with E-state index >= 15 is 0 Å². The van der Waals surface area contributed by atoms with Crippen molar-refractivity contribution >= 4 is 5.97 Å². The van der Waals surface area contributed by atoms with Gasteiger partial charge < -0.3 is 9.52 Å². The highest BCUT2D eigenvalue weighted by Gasteiger charge is 2.06. The summed E-state index contributed by atoms with van der Waals surface area (Å²) in [6.07, 6.45) is 16.0. The van der Waals surface area contributed by atoms with Crippen LogP contribution in [-0.2, 0) is 4.79 Å². The number of carboxylic acids is 1. The molecular weight excluding hydrogens is 336 g/mol. The second-order valence-electron chi connectivity index (χ2n) is 8.48. The van der Waals surface area contributed by atoms with Gasteiger partial charge in [-0.1, -0.05) is 78.2 Å². The fraction of sp³-hybridized carbons (Fsp3) is 0.708. The van der Waals surface area contributed by atoms with Crippen molar-refractivity contribution < 1.29 is 14.3 Å². The van der Waals surface area contributed by atoms with Gasteiger partial charge in [0.15, 0.2) is 0 Å². The van der Waals surface area contributed by atoms with Crippen LogP contribution in [0, 0.1) is 17.8 Å². The van der Waals surface area contributed by atoms with Gasteiger partial charge in [0.1, 0.15) is 0 Å². The minimum absolute atomic E-state index is 0.764. The Balaban J connectivity index is 0.00000115. The van der Waals surface area contributed by atoms with E-state index in [2.05, 4.69) is 32.1 Å². The first-order chi connectivity index (χ1) is 12.8. The van der Waals surface area contributed by atoms with Crippen molar-refractivity contribution in [3.8, 4) is 0 Å². The summed E-state index contributed by atoms with van der Waals surface area (Å²) in [7, 11) is 0. The lowest BCUT2D eigenvalue weighted by Crippen LogP contribution is -2.00. The Bertz CT molecular complexity index is 457. The molecule has 1 aromatic rings. The molecule has 3 heteroatoms. The third-order valence-electron chi connectivity index (χ3n) is 4.94. The van der Waals surface area contributed by atoms with Crippen LogP contribution in [0.15, 0.2) is 40.7 Å². The van der Waals surface area contributed by atoms with Gasteiger partial charge in [0.05, 0.1) is 12.5 Å². The zero-order chi connectivity index (χ0) is 20.5. The van der Waals surface area contributed by atoms with Crippen molar-refractivity contribution in [2.75, 3.05) is 0 Å². The van der Waals surface area contributed by atoms with Crippen LogP contribution in [0.25, 0.3) is 0 Å². The van der Waals surface area contributed by atoms with Gasteiger partial charge in [-0.3, -0.25) is 0 Å². The predicted molar refractivity (Wildman–Crippen MR) is 115 cm³/mol. The van der Waals surface area contributed by atoms with Gasteiger partial charge in [0.25, 0.3) is 0 Å². The first-order valence-corrected chi connectivity index (χ1v) is 10.7. The molecule has 0 saturated heterocycles. The standard InChI is InChI=1S/C20H38O2.C4H4O/c1-16(2)9-6-10-17(3)11-7-12-18(4)13-8-14-19(5)15-20(21)22;1-2-4-5-3-1/h15-18H,6-14H2,1-5H3,(H,21,22);1-4H/b19-15+;/t17-,18-;/m1./s1. The van der Waals surface area contributed by atoms with E-state index < -0.39 is 5.97 Å². The summed E-state index contributed by atoms with van der Waals surface area (Å²) in [5.41, 5.74) is 0.985. The number of hydrogen-bond donors (Lipinski definition) is 1. The Labute approximate surface area is 167 Å². The van der Waals surface area contributed by atoms with Crippen molar-refractivity contribution in [3.63, 3.8) is 0 Å². The van der Waals surface area contributed by atoms with Gasteiger partial charge in [0, 0.05) is 6.08 Å². The molecule has 1 heterocycles. The number of hydrogen-bond acceptors (Lipinski definition) is 2. The summed E-state index contributed by atoms with van der Waals surface area (Å²) < 4.78 is 4.58. The highest BCUT2D eigenvalue weighted by molar-refractivity contribution is 5.80. The van der Waals surface area contributed by atoms with E-state index in [0.29, 0.717) is 0 Å². The van der Waals surface area contributed by atoms with Gasteiger partial charge in [-0.05, 0) is 49.7 Å². The van der Waals surface area contributed by atoms with Gasteiger partial charge in [-0.15, -0.1) is 0 Å². The maximum atomic E-state index is 10.5. The third-order valence-corrected chi connectivity index (χ3v) is 4.94. The number of rotatable bonds is 13. The number of carbonyl (C=O) groups is 1. The first kappa shape index (κ1) is 25.5. The second kappa shape index (κ2) is 16.6. The van der Waals surface area contributed by atoms with Crippen LogP contribution in [0.5, 0.6) is 0 Å². The van der Waals surface area contributed by atoms with E-state index in [4.69, 9.17) is 5.11 Å². The van der Waals surface area contributed by atoms with Crippen LogP contribution in [0.1, 0.15) is 92.4 Å². The van der Waals surface area contributed by atoms with Crippen LogP contribution in [0.2, 0.25) is 0 Å². The second-order valence-corrected chi connectivity index (χ2v) is 8.48. The molecule has 0 amide bonds. The minimum atomic E-state index is -0.822. The molecule has 0 aliphatic rings. The lowest BCUT2D eigenvalue weighted by Gasteiger charge is -2.15. The van der Waals surface area contributed by atoms with E-state index in [1.165, 1.54) is 51.0 Å². The fourth-order valence-corrected chi connectivity index (χ4v) is 3.22. The summed E-state index contributed by atoms with van der Waals surface area (Å²) in [5.74, 6) is 1.65. The molecule has 1 N–H and O–H groups in total. The smallest absolute Gasteiger partial charge is 0.328 e. The van der Waals surface area contributed by atoms with E-state index in [-0.39, 0.29) is 0 Å². The molecule has 156 valence electrons. The lowest BCUT2D eigenvalue weighted by molar-refractivity contribution is -0.131. The van der Waals surface area contributed by atoms with Gasteiger partial charge in [-0.25, -0.2) is 4.79 Å². The SMILES string of the molecule is C/C(=C\C(=O)O)CCC[C@H](C)CCC[C@H](C)CCCC(C)C.c1ccoc1. The zero-order valence-electron chi connectivity index (χ0n) is 18.2. The molecule has 3 nitrogen and oxygen atoms in total. The molecule has 1 rings (SSSR count). The van der Waals surface area contributed by atoms with Crippen LogP contribution in [0.4, 0.5) is 0 Å². The molecule has 0 aromatic carbocycles. The molecular formula is C24H42O3. The average Bonchev–Trinajstić information content (AvgIpc) is 3.13. The van der Waals surface area contributed by atoms with Crippen LogP contribution < -0.4 is 0 Å². The minimum Gasteiger partial charge on any atom is -0.478 e. The normalized spacial score (nSPS) is 13.8. The highest BCUT2D eigenvalue weighted by atomic mass is 16.4. The van der Waals surface area contributed by atoms with Crippen molar-refractivity contribution in [3.05, 3.63) is 36.3 Å². The summed E-state index contributed by atoms with van der Waals surface area (Å²) in [5, 5.41) is 8.68. The lowest BCUT2D eigenvalue weighted by atomic mass is 9.91. The van der Waals surface area contributed by atoms with Crippen molar-refractivity contribution in [2.45, 2.75) is 92.4 Å². The van der Waals surface area contributed by atoms with E-state index in [9.17, 15) is 4.79 Å². The number of carboxylic acid groups (broad SMARTS) is 1. The Morgan fingerprint density at radius 1 is 0.889 bits per heavy atom. The molecule has 0 radical (unpaired) electrons. The Kier molecular flexibility index (Phi) is 15.7. The molecule has 0 aliphatic heterocycles. The van der Waals surface area contributed by atoms with Crippen LogP contribution in [-0.4, -0.2) is 11.1 Å². The predicted octanol–water partition coefficient (Wildman–Crippen LogP) is 7.74. The van der Waals surface area contributed by atoms with E-state index in [0.717, 1.165) is 36.2 Å². The molecule has 0 bridgehead atoms. The first-order valence-electron chi connectivity index (χ1n) is 10.7. The topological polar surface area (TPSA) is 50.4 Å². The zero-order valence-corrected chi connectivity index (χ0v) is 18.2.